The second kappa shape index (κ2) is 3.93. The molecule has 0 aliphatic rings. The molecule has 74 valence electrons. The molecule has 0 bridgehead atoms. The predicted molar refractivity (Wildman–Crippen MR) is 52.4 cm³/mol. The molecule has 0 saturated carbocycles. The smallest absolute Gasteiger partial charge is 0.200 e. The van der Waals surface area contributed by atoms with Crippen molar-refractivity contribution in [3.8, 4) is 0 Å². The van der Waals surface area contributed by atoms with E-state index in [1.165, 1.54) is 0 Å². The van der Waals surface area contributed by atoms with E-state index in [9.17, 15) is 0 Å². The van der Waals surface area contributed by atoms with Gasteiger partial charge in [0.25, 0.3) is 0 Å². The summed E-state index contributed by atoms with van der Waals surface area (Å²) in [4.78, 5) is 14.2. The van der Waals surface area contributed by atoms with Gasteiger partial charge < -0.3 is 21.0 Å². The fraction of sp³-hybridized carbons (Fsp3) is 0.250. The Kier molecular flexibility index (Phi) is 2.46. The Balaban J connectivity index is 1.92. The maximum atomic E-state index is 5.44. The van der Waals surface area contributed by atoms with Crippen molar-refractivity contribution < 1.29 is 0 Å². The quantitative estimate of drug-likeness (QED) is 0.556. The number of nitrogens with one attached hydrogen (secondary N) is 3. The summed E-state index contributed by atoms with van der Waals surface area (Å²) in [7, 11) is 0. The fourth-order valence-corrected chi connectivity index (χ4v) is 1.11. The number of hydrogen-bond donors (Lipinski definition) is 4. The third-order valence-corrected chi connectivity index (χ3v) is 1.83. The van der Waals surface area contributed by atoms with Gasteiger partial charge in [-0.2, -0.15) is 0 Å². The second-order valence-electron chi connectivity index (χ2n) is 2.85. The van der Waals surface area contributed by atoms with E-state index < -0.39 is 0 Å². The molecule has 0 atom stereocenters. The molecule has 0 aliphatic carbocycles. The molecular weight excluding hydrogens is 180 g/mol. The van der Waals surface area contributed by atoms with Gasteiger partial charge in [-0.1, -0.05) is 0 Å². The number of hydrogen-bond acceptors (Lipinski definition) is 4. The SMILES string of the molecule is NCc1cnc(NCc2ncc[nH]2)[nH]1. The molecule has 14 heavy (non-hydrogen) atoms. The van der Waals surface area contributed by atoms with E-state index in [4.69, 9.17) is 5.73 Å². The molecule has 5 N–H and O–H groups in total. The van der Waals surface area contributed by atoms with Crippen molar-refractivity contribution in [2.45, 2.75) is 13.1 Å². The Morgan fingerprint density at radius 3 is 3.00 bits per heavy atom. The Hall–Kier alpha value is -1.82. The van der Waals surface area contributed by atoms with Gasteiger partial charge in [0.2, 0.25) is 5.95 Å². The maximum absolute atomic E-state index is 5.44. The van der Waals surface area contributed by atoms with E-state index in [2.05, 4.69) is 25.3 Å². The number of nitrogens with zero attached hydrogens (tertiary/aromatic N) is 2. The molecule has 0 aromatic carbocycles. The highest BCUT2D eigenvalue weighted by Gasteiger charge is 1.99. The molecule has 0 unspecified atom stereocenters. The fourth-order valence-electron chi connectivity index (χ4n) is 1.11. The monoisotopic (exact) mass is 192 g/mol. The van der Waals surface area contributed by atoms with Crippen LogP contribution in [0.3, 0.4) is 0 Å². The summed E-state index contributed by atoms with van der Waals surface area (Å²) in [6.07, 6.45) is 5.21. The minimum atomic E-state index is 0.468. The summed E-state index contributed by atoms with van der Waals surface area (Å²) in [6, 6.07) is 0. The van der Waals surface area contributed by atoms with E-state index in [1.54, 1.807) is 18.6 Å². The standard InChI is InChI=1S/C8H12N6/c9-3-6-4-12-8(14-6)13-5-7-10-1-2-11-7/h1-2,4H,3,5,9H2,(H,10,11)(H2,12,13,14). The van der Waals surface area contributed by atoms with Gasteiger partial charge in [0.15, 0.2) is 0 Å². The predicted octanol–water partition coefficient (Wildman–Crippen LogP) is 0.204. The van der Waals surface area contributed by atoms with Gasteiger partial charge in [0.1, 0.15) is 5.82 Å². The molecule has 0 amide bonds. The summed E-state index contributed by atoms with van der Waals surface area (Å²) < 4.78 is 0. The normalized spacial score (nSPS) is 10.4. The zero-order valence-corrected chi connectivity index (χ0v) is 7.62. The Morgan fingerprint density at radius 1 is 1.43 bits per heavy atom. The number of H-pyrrole nitrogens is 2. The first kappa shape index (κ1) is 8.76. The second-order valence-corrected chi connectivity index (χ2v) is 2.85. The number of aromatic nitrogens is 4. The number of aromatic amines is 2. The summed E-state index contributed by atoms with van der Waals surface area (Å²) >= 11 is 0. The maximum Gasteiger partial charge on any atom is 0.200 e. The zero-order chi connectivity index (χ0) is 9.80. The van der Waals surface area contributed by atoms with Crippen LogP contribution in [0.15, 0.2) is 18.6 Å². The molecule has 0 radical (unpaired) electrons. The molecule has 0 spiro atoms. The van der Waals surface area contributed by atoms with Crippen molar-refractivity contribution in [3.63, 3.8) is 0 Å². The number of rotatable bonds is 4. The third kappa shape index (κ3) is 1.91. The van der Waals surface area contributed by atoms with E-state index in [0.717, 1.165) is 11.5 Å². The van der Waals surface area contributed by atoms with Crippen molar-refractivity contribution in [2.75, 3.05) is 5.32 Å². The molecule has 0 saturated heterocycles. The van der Waals surface area contributed by atoms with Crippen LogP contribution < -0.4 is 11.1 Å². The van der Waals surface area contributed by atoms with Crippen LogP contribution in [0.4, 0.5) is 5.95 Å². The van der Waals surface area contributed by atoms with Crippen LogP contribution in [0.2, 0.25) is 0 Å². The van der Waals surface area contributed by atoms with E-state index >= 15 is 0 Å². The topological polar surface area (TPSA) is 95.4 Å². The number of nitrogens with two attached hydrogens (primary N) is 1. The molecule has 0 fully saturated rings. The van der Waals surface area contributed by atoms with Crippen molar-refractivity contribution in [3.05, 3.63) is 30.1 Å². The Labute approximate surface area is 81.0 Å². The molecule has 6 heteroatoms. The van der Waals surface area contributed by atoms with Gasteiger partial charge in [-0.15, -0.1) is 0 Å². The Bertz CT molecular complexity index is 376. The lowest BCUT2D eigenvalue weighted by Crippen LogP contribution is -2.03. The van der Waals surface area contributed by atoms with Gasteiger partial charge in [-0.3, -0.25) is 0 Å². The van der Waals surface area contributed by atoms with Crippen molar-refractivity contribution >= 4 is 5.95 Å². The highest BCUT2D eigenvalue weighted by molar-refractivity contribution is 5.26. The average molecular weight is 192 g/mol. The van der Waals surface area contributed by atoms with E-state index in [0.29, 0.717) is 19.0 Å². The van der Waals surface area contributed by atoms with Crippen LogP contribution in [0.1, 0.15) is 11.5 Å². The molecular formula is C8H12N6. The number of imidazole rings is 2. The molecule has 0 aliphatic heterocycles. The minimum Gasteiger partial charge on any atom is -0.349 e. The average Bonchev–Trinajstić information content (AvgIpc) is 2.86. The van der Waals surface area contributed by atoms with Gasteiger partial charge in [0, 0.05) is 24.6 Å². The summed E-state index contributed by atoms with van der Waals surface area (Å²) in [6.45, 7) is 1.08. The van der Waals surface area contributed by atoms with Gasteiger partial charge >= 0.3 is 0 Å². The molecule has 2 aromatic heterocycles. The summed E-state index contributed by atoms with van der Waals surface area (Å²) in [5.41, 5.74) is 6.35. The van der Waals surface area contributed by atoms with Crippen LogP contribution in [0.25, 0.3) is 0 Å². The van der Waals surface area contributed by atoms with Gasteiger partial charge in [-0.05, 0) is 0 Å². The third-order valence-electron chi connectivity index (χ3n) is 1.83. The van der Waals surface area contributed by atoms with Crippen LogP contribution in [-0.4, -0.2) is 19.9 Å². The van der Waals surface area contributed by atoms with Gasteiger partial charge in [0.05, 0.1) is 12.7 Å². The van der Waals surface area contributed by atoms with E-state index in [-0.39, 0.29) is 0 Å². The van der Waals surface area contributed by atoms with Crippen molar-refractivity contribution in [2.24, 2.45) is 5.73 Å². The Morgan fingerprint density at radius 2 is 2.36 bits per heavy atom. The van der Waals surface area contributed by atoms with Crippen LogP contribution >= 0.6 is 0 Å². The largest absolute Gasteiger partial charge is 0.349 e. The minimum absolute atomic E-state index is 0.468. The van der Waals surface area contributed by atoms with Crippen LogP contribution in [-0.2, 0) is 13.1 Å². The van der Waals surface area contributed by atoms with Crippen molar-refractivity contribution in [1.82, 2.24) is 19.9 Å². The lowest BCUT2D eigenvalue weighted by Gasteiger charge is -1.98. The van der Waals surface area contributed by atoms with E-state index in [1.807, 2.05) is 0 Å². The lowest BCUT2D eigenvalue weighted by atomic mass is 10.5. The molecule has 2 rings (SSSR count). The highest BCUT2D eigenvalue weighted by Crippen LogP contribution is 2.02. The first-order chi connectivity index (χ1) is 6.88. The van der Waals surface area contributed by atoms with Crippen LogP contribution in [0, 0.1) is 0 Å². The number of anilines is 1. The highest BCUT2D eigenvalue weighted by atomic mass is 15.1. The van der Waals surface area contributed by atoms with Crippen molar-refractivity contribution in [1.29, 1.82) is 0 Å². The summed E-state index contributed by atoms with van der Waals surface area (Å²) in [5.74, 6) is 1.58. The van der Waals surface area contributed by atoms with Gasteiger partial charge in [-0.25, -0.2) is 9.97 Å². The molecule has 2 heterocycles. The first-order valence-electron chi connectivity index (χ1n) is 4.34. The van der Waals surface area contributed by atoms with Crippen LogP contribution in [0.5, 0.6) is 0 Å². The first-order valence-corrected chi connectivity index (χ1v) is 4.34. The lowest BCUT2D eigenvalue weighted by molar-refractivity contribution is 0.968. The molecule has 6 nitrogen and oxygen atoms in total. The zero-order valence-electron chi connectivity index (χ0n) is 7.62. The summed E-state index contributed by atoms with van der Waals surface area (Å²) in [5, 5.41) is 3.09. The molecule has 2 aromatic rings.